The molecule has 0 bridgehead atoms. The quantitative estimate of drug-likeness (QED) is 0.643. The van der Waals surface area contributed by atoms with Gasteiger partial charge in [0, 0.05) is 31.1 Å². The molecule has 1 saturated heterocycles. The van der Waals surface area contributed by atoms with Crippen LogP contribution in [0, 0.1) is 6.92 Å². The van der Waals surface area contributed by atoms with Gasteiger partial charge in [0.2, 0.25) is 0 Å². The molecular formula is C13H18N2O6. The molecule has 1 unspecified atom stereocenters. The van der Waals surface area contributed by atoms with E-state index in [1.807, 2.05) is 0 Å². The van der Waals surface area contributed by atoms with Gasteiger partial charge in [-0.25, -0.2) is 4.79 Å². The Labute approximate surface area is 120 Å². The van der Waals surface area contributed by atoms with Crippen molar-refractivity contribution in [2.75, 3.05) is 6.61 Å². The molecule has 116 valence electrons. The van der Waals surface area contributed by atoms with Crippen molar-refractivity contribution in [3.8, 4) is 0 Å². The number of aliphatic hydroxyl groups excluding tert-OH is 2. The molecule has 8 nitrogen and oxygen atoms in total. The highest BCUT2D eigenvalue weighted by atomic mass is 16.5. The summed E-state index contributed by atoms with van der Waals surface area (Å²) in [4.78, 5) is 34.7. The molecular weight excluding hydrogens is 280 g/mol. The zero-order valence-electron chi connectivity index (χ0n) is 11.6. The van der Waals surface area contributed by atoms with Crippen LogP contribution in [-0.4, -0.2) is 44.4 Å². The first kappa shape index (κ1) is 15.6. The van der Waals surface area contributed by atoms with Gasteiger partial charge in [-0.1, -0.05) is 0 Å². The van der Waals surface area contributed by atoms with Gasteiger partial charge in [0.25, 0.3) is 5.56 Å². The molecule has 1 aliphatic rings. The molecule has 3 atom stereocenters. The van der Waals surface area contributed by atoms with Crippen molar-refractivity contribution >= 4 is 6.29 Å². The third-order valence-corrected chi connectivity index (χ3v) is 3.53. The zero-order valence-corrected chi connectivity index (χ0v) is 11.6. The third-order valence-electron chi connectivity index (χ3n) is 3.53. The topological polar surface area (TPSA) is 111 Å². The molecule has 1 aromatic rings. The van der Waals surface area contributed by atoms with Gasteiger partial charge in [0.05, 0.1) is 12.7 Å². The van der Waals surface area contributed by atoms with Crippen molar-refractivity contribution in [1.82, 2.24) is 9.13 Å². The number of nitrogens with zero attached hydrogens (tertiary/aromatic N) is 2. The van der Waals surface area contributed by atoms with Gasteiger partial charge < -0.3 is 19.7 Å². The molecule has 8 heteroatoms. The van der Waals surface area contributed by atoms with Gasteiger partial charge in [-0.05, 0) is 6.92 Å². The van der Waals surface area contributed by atoms with E-state index in [1.165, 1.54) is 10.8 Å². The minimum atomic E-state index is -0.873. The maximum Gasteiger partial charge on any atom is 0.333 e. The molecule has 2 heterocycles. The number of carbonyl (C=O) groups is 1. The van der Waals surface area contributed by atoms with Crippen molar-refractivity contribution < 1.29 is 19.7 Å². The minimum Gasteiger partial charge on any atom is -0.394 e. The lowest BCUT2D eigenvalue weighted by atomic mass is 10.2. The standard InChI is InChI=1S/C13H18N2O6/c1-8-6-15(11-5-9(18)10(7-17)21-11)13(20)14(12(8)19)3-2-4-16/h4,6,9-11,17-18H,2-3,5,7H2,1H3/t9?,10-,11-/m1/s1. The van der Waals surface area contributed by atoms with Crippen molar-refractivity contribution in [3.05, 3.63) is 32.6 Å². The second-order valence-electron chi connectivity index (χ2n) is 5.03. The van der Waals surface area contributed by atoms with E-state index in [4.69, 9.17) is 9.84 Å². The Bertz CT molecular complexity index is 635. The lowest BCUT2D eigenvalue weighted by Crippen LogP contribution is -2.42. The van der Waals surface area contributed by atoms with Crippen LogP contribution in [0.5, 0.6) is 0 Å². The molecule has 0 spiro atoms. The summed E-state index contributed by atoms with van der Waals surface area (Å²) in [5, 5.41) is 18.8. The molecule has 0 aromatic carbocycles. The normalized spacial score (nSPS) is 25.2. The SMILES string of the molecule is Cc1cn([C@H]2CC(O)[C@@H](CO)O2)c(=O)n(CCC=O)c1=O. The highest BCUT2D eigenvalue weighted by Gasteiger charge is 2.35. The van der Waals surface area contributed by atoms with Crippen LogP contribution in [0.4, 0.5) is 0 Å². The van der Waals surface area contributed by atoms with Crippen molar-refractivity contribution in [3.63, 3.8) is 0 Å². The van der Waals surface area contributed by atoms with Crippen LogP contribution in [-0.2, 0) is 16.1 Å². The average Bonchev–Trinajstić information content (AvgIpc) is 2.84. The van der Waals surface area contributed by atoms with E-state index >= 15 is 0 Å². The molecule has 1 fully saturated rings. The molecule has 0 amide bonds. The highest BCUT2D eigenvalue weighted by molar-refractivity contribution is 5.48. The van der Waals surface area contributed by atoms with Gasteiger partial charge in [0.1, 0.15) is 18.6 Å². The van der Waals surface area contributed by atoms with Crippen LogP contribution in [0.3, 0.4) is 0 Å². The van der Waals surface area contributed by atoms with Gasteiger partial charge in [0.15, 0.2) is 0 Å². The summed E-state index contributed by atoms with van der Waals surface area (Å²) in [5.74, 6) is 0. The fourth-order valence-electron chi connectivity index (χ4n) is 2.39. The maximum atomic E-state index is 12.3. The van der Waals surface area contributed by atoms with Gasteiger partial charge in [-0.3, -0.25) is 13.9 Å². The predicted octanol–water partition coefficient (Wildman–Crippen LogP) is -1.45. The Kier molecular flexibility index (Phi) is 4.71. The van der Waals surface area contributed by atoms with Gasteiger partial charge in [-0.2, -0.15) is 0 Å². The third kappa shape index (κ3) is 2.97. The van der Waals surface area contributed by atoms with Gasteiger partial charge in [-0.15, -0.1) is 0 Å². The Morgan fingerprint density at radius 1 is 1.48 bits per heavy atom. The first-order valence-corrected chi connectivity index (χ1v) is 6.70. The smallest absolute Gasteiger partial charge is 0.333 e. The lowest BCUT2D eigenvalue weighted by Gasteiger charge is -2.17. The molecule has 1 aromatic heterocycles. The summed E-state index contributed by atoms with van der Waals surface area (Å²) in [7, 11) is 0. The maximum absolute atomic E-state index is 12.3. The number of carbonyl (C=O) groups excluding carboxylic acids is 1. The lowest BCUT2D eigenvalue weighted by molar-refractivity contribution is -0.108. The van der Waals surface area contributed by atoms with E-state index < -0.39 is 29.7 Å². The van der Waals surface area contributed by atoms with Crippen LogP contribution < -0.4 is 11.2 Å². The van der Waals surface area contributed by atoms with E-state index in [9.17, 15) is 19.5 Å². The summed E-state index contributed by atoms with van der Waals surface area (Å²) in [6, 6.07) is 0. The Morgan fingerprint density at radius 3 is 2.76 bits per heavy atom. The van der Waals surface area contributed by atoms with Crippen LogP contribution in [0.2, 0.25) is 0 Å². The van der Waals surface area contributed by atoms with E-state index in [1.54, 1.807) is 6.92 Å². The minimum absolute atomic E-state index is 0.00154. The van der Waals surface area contributed by atoms with E-state index in [2.05, 4.69) is 0 Å². The molecule has 0 aliphatic carbocycles. The summed E-state index contributed by atoms with van der Waals surface area (Å²) in [5.41, 5.74) is -0.704. The van der Waals surface area contributed by atoms with Crippen LogP contribution in [0.15, 0.2) is 15.8 Å². The average molecular weight is 298 g/mol. The molecule has 2 rings (SSSR count). The zero-order chi connectivity index (χ0) is 15.6. The van der Waals surface area contributed by atoms with Crippen molar-refractivity contribution in [2.24, 2.45) is 0 Å². The second kappa shape index (κ2) is 6.33. The Balaban J connectivity index is 2.41. The number of aryl methyl sites for hydroxylation is 1. The second-order valence-corrected chi connectivity index (χ2v) is 5.03. The summed E-state index contributed by atoms with van der Waals surface area (Å²) < 4.78 is 7.62. The first-order chi connectivity index (χ1) is 9.99. The summed E-state index contributed by atoms with van der Waals surface area (Å²) in [6.07, 6.45) is -0.149. The highest BCUT2D eigenvalue weighted by Crippen LogP contribution is 2.27. The fraction of sp³-hybridized carbons (Fsp3) is 0.615. The Morgan fingerprint density at radius 2 is 2.19 bits per heavy atom. The number of aliphatic hydroxyl groups is 2. The monoisotopic (exact) mass is 298 g/mol. The molecule has 21 heavy (non-hydrogen) atoms. The van der Waals surface area contributed by atoms with Crippen molar-refractivity contribution in [1.29, 1.82) is 0 Å². The van der Waals surface area contributed by atoms with Crippen LogP contribution in [0.1, 0.15) is 24.6 Å². The number of hydrogen-bond acceptors (Lipinski definition) is 6. The number of aromatic nitrogens is 2. The van der Waals surface area contributed by atoms with E-state index in [0.717, 1.165) is 4.57 Å². The number of ether oxygens (including phenoxy) is 1. The number of aldehydes is 1. The molecule has 1 aliphatic heterocycles. The summed E-state index contributed by atoms with van der Waals surface area (Å²) >= 11 is 0. The number of rotatable bonds is 5. The van der Waals surface area contributed by atoms with Crippen molar-refractivity contribution in [2.45, 2.75) is 44.7 Å². The molecule has 0 radical (unpaired) electrons. The number of hydrogen-bond donors (Lipinski definition) is 2. The Hall–Kier alpha value is -1.77. The fourth-order valence-corrected chi connectivity index (χ4v) is 2.39. The molecule has 2 N–H and O–H groups in total. The first-order valence-electron chi connectivity index (χ1n) is 6.70. The molecule has 0 saturated carbocycles. The van der Waals surface area contributed by atoms with E-state index in [0.29, 0.717) is 11.8 Å². The largest absolute Gasteiger partial charge is 0.394 e. The van der Waals surface area contributed by atoms with E-state index in [-0.39, 0.29) is 26.0 Å². The predicted molar refractivity (Wildman–Crippen MR) is 72.0 cm³/mol. The summed E-state index contributed by atoms with van der Waals surface area (Å²) in [6.45, 7) is 1.21. The van der Waals surface area contributed by atoms with Crippen LogP contribution in [0.25, 0.3) is 0 Å². The van der Waals surface area contributed by atoms with Crippen LogP contribution >= 0.6 is 0 Å². The van der Waals surface area contributed by atoms with Gasteiger partial charge >= 0.3 is 5.69 Å².